The van der Waals surface area contributed by atoms with Gasteiger partial charge in [0, 0.05) is 38.4 Å². The third-order valence-corrected chi connectivity index (χ3v) is 9.96. The molecule has 0 fully saturated rings. The van der Waals surface area contributed by atoms with Crippen LogP contribution in [0.1, 0.15) is 0 Å². The Morgan fingerprint density at radius 3 is 1.82 bits per heavy atom. The zero-order chi connectivity index (χ0) is 37.0. The SMILES string of the molecule is [U+2].[c-]1ccccc1-c1[c-]c(-c2nc(-c3ccc4oc5cccc(-c6nc(-c7ccccc7)nc(-c7ccccc7)n6)c5c4c3)nc3c2oc2ccccc23)ccc1. The van der Waals surface area contributed by atoms with E-state index in [1.165, 1.54) is 0 Å². The van der Waals surface area contributed by atoms with E-state index < -0.39 is 0 Å². The van der Waals surface area contributed by atoms with E-state index in [0.717, 1.165) is 77.4 Å². The predicted octanol–water partition coefficient (Wildman–Crippen LogP) is 12.1. The summed E-state index contributed by atoms with van der Waals surface area (Å²) in [5, 5.41) is 2.70. The molecule has 0 N–H and O–H groups in total. The van der Waals surface area contributed by atoms with E-state index >= 15 is 0 Å². The molecule has 0 bridgehead atoms. The van der Waals surface area contributed by atoms with Crippen molar-refractivity contribution in [3.05, 3.63) is 176 Å². The summed E-state index contributed by atoms with van der Waals surface area (Å²) < 4.78 is 12.9. The van der Waals surface area contributed by atoms with Gasteiger partial charge in [0.05, 0.1) is 5.69 Å². The van der Waals surface area contributed by atoms with Gasteiger partial charge in [-0.05, 0) is 36.4 Å². The summed E-state index contributed by atoms with van der Waals surface area (Å²) >= 11 is 0. The van der Waals surface area contributed by atoms with Gasteiger partial charge < -0.3 is 8.83 Å². The van der Waals surface area contributed by atoms with Gasteiger partial charge >= 0.3 is 31.1 Å². The van der Waals surface area contributed by atoms with Crippen LogP contribution in [0.25, 0.3) is 112 Å². The third kappa shape index (κ3) is 6.20. The molecule has 7 nitrogen and oxygen atoms in total. The van der Waals surface area contributed by atoms with Crippen LogP contribution in [0.5, 0.6) is 0 Å². The van der Waals surface area contributed by atoms with Gasteiger partial charge in [0.2, 0.25) is 0 Å². The first-order valence-corrected chi connectivity index (χ1v) is 18.3. The molecule has 8 heteroatoms. The van der Waals surface area contributed by atoms with Gasteiger partial charge in [-0.15, -0.1) is 23.8 Å². The number of aromatic nitrogens is 5. The maximum absolute atomic E-state index is 6.46. The van der Waals surface area contributed by atoms with Crippen molar-refractivity contribution in [3.63, 3.8) is 0 Å². The van der Waals surface area contributed by atoms with Crippen molar-refractivity contribution in [2.45, 2.75) is 0 Å². The number of rotatable bonds is 6. The fraction of sp³-hybridized carbons (Fsp3) is 0. The molecule has 264 valence electrons. The Kier molecular flexibility index (Phi) is 8.79. The molecule has 0 atom stereocenters. The summed E-state index contributed by atoms with van der Waals surface area (Å²) in [6.45, 7) is 0. The Bertz CT molecular complexity index is 3200. The minimum absolute atomic E-state index is 0. The maximum Gasteiger partial charge on any atom is 2.00 e. The number of benzene rings is 7. The summed E-state index contributed by atoms with van der Waals surface area (Å²) in [6.07, 6.45) is 0. The van der Waals surface area contributed by atoms with Crippen LogP contribution in [0.2, 0.25) is 0 Å². The largest absolute Gasteiger partial charge is 2.00 e. The van der Waals surface area contributed by atoms with E-state index in [1.54, 1.807) is 0 Å². The topological polar surface area (TPSA) is 90.7 Å². The number of para-hydroxylation sites is 1. The van der Waals surface area contributed by atoms with Crippen LogP contribution in [-0.2, 0) is 0 Å². The van der Waals surface area contributed by atoms with Crippen LogP contribution in [0.4, 0.5) is 0 Å². The summed E-state index contributed by atoms with van der Waals surface area (Å²) in [7, 11) is 0. The van der Waals surface area contributed by atoms with Gasteiger partial charge in [-0.3, -0.25) is 4.98 Å². The monoisotopic (exact) mass is 955 g/mol. The number of hydrogen-bond donors (Lipinski definition) is 0. The molecule has 0 aliphatic heterocycles. The maximum atomic E-state index is 6.46. The Morgan fingerprint density at radius 1 is 0.421 bits per heavy atom. The van der Waals surface area contributed by atoms with Crippen molar-refractivity contribution in [3.8, 4) is 67.9 Å². The van der Waals surface area contributed by atoms with E-state index in [4.69, 9.17) is 33.8 Å². The molecule has 0 aliphatic rings. The van der Waals surface area contributed by atoms with Gasteiger partial charge in [0.1, 0.15) is 27.8 Å². The van der Waals surface area contributed by atoms with Crippen LogP contribution >= 0.6 is 0 Å². The molecule has 57 heavy (non-hydrogen) atoms. The fourth-order valence-corrected chi connectivity index (χ4v) is 7.31. The van der Waals surface area contributed by atoms with Gasteiger partial charge in [0.25, 0.3) is 0 Å². The van der Waals surface area contributed by atoms with Crippen molar-refractivity contribution in [1.29, 1.82) is 0 Å². The Hall–Kier alpha value is -6.72. The van der Waals surface area contributed by atoms with Crippen LogP contribution in [0, 0.1) is 43.2 Å². The molecule has 0 aliphatic carbocycles. The van der Waals surface area contributed by atoms with Crippen LogP contribution in [0.15, 0.2) is 173 Å². The molecule has 0 spiro atoms. The van der Waals surface area contributed by atoms with E-state index in [1.807, 2.05) is 158 Å². The summed E-state index contributed by atoms with van der Waals surface area (Å²) in [4.78, 5) is 25.4. The smallest absolute Gasteiger partial charge is 0.460 e. The second-order valence-corrected chi connectivity index (χ2v) is 13.5. The first-order valence-electron chi connectivity index (χ1n) is 18.3. The molecule has 11 aromatic rings. The number of fused-ring (bicyclic) bond motifs is 6. The van der Waals surface area contributed by atoms with Crippen LogP contribution in [0.3, 0.4) is 0 Å². The quantitative estimate of drug-likeness (QED) is 0.153. The molecule has 7 aromatic carbocycles. The molecule has 0 saturated carbocycles. The second kappa shape index (κ2) is 14.4. The second-order valence-electron chi connectivity index (χ2n) is 13.5. The molecule has 4 aromatic heterocycles. The van der Waals surface area contributed by atoms with Crippen molar-refractivity contribution in [2.24, 2.45) is 0 Å². The molecule has 4 heterocycles. The van der Waals surface area contributed by atoms with Crippen molar-refractivity contribution < 1.29 is 39.9 Å². The molecule has 0 saturated heterocycles. The standard InChI is InChI=1S/C49H27N5O2.U/c1-4-14-30(15-5-1)33-20-12-21-34(28-33)43-45-44(36-22-10-11-24-39(36)56-45)51-48(50-43)35-26-27-40-38(29-35)42-37(23-13-25-41(42)55-40)49-53-46(31-16-6-2-7-17-31)52-47(54-49)32-18-8-3-9-19-32;/h1-14,16-27,29H;/q-2;+2. The summed E-state index contributed by atoms with van der Waals surface area (Å²) in [5.74, 6) is 2.28. The number of hydrogen-bond acceptors (Lipinski definition) is 7. The fourth-order valence-electron chi connectivity index (χ4n) is 7.31. The summed E-state index contributed by atoms with van der Waals surface area (Å²) in [6, 6.07) is 60.8. The Labute approximate surface area is 350 Å². The zero-order valence-corrected chi connectivity index (χ0v) is 34.3. The van der Waals surface area contributed by atoms with Crippen molar-refractivity contribution in [2.75, 3.05) is 0 Å². The third-order valence-electron chi connectivity index (χ3n) is 9.96. The molecule has 0 amide bonds. The van der Waals surface area contributed by atoms with Crippen molar-refractivity contribution in [1.82, 2.24) is 24.9 Å². The van der Waals surface area contributed by atoms with Gasteiger partial charge in [-0.25, -0.2) is 25.5 Å². The van der Waals surface area contributed by atoms with Crippen LogP contribution < -0.4 is 0 Å². The molecular formula is C49H27N5O2U. The Morgan fingerprint density at radius 2 is 1.05 bits per heavy atom. The first kappa shape index (κ1) is 34.7. The predicted molar refractivity (Wildman–Crippen MR) is 220 cm³/mol. The van der Waals surface area contributed by atoms with Crippen LogP contribution in [-0.4, -0.2) is 24.9 Å². The number of furan rings is 2. The molecule has 0 unspecified atom stereocenters. The Balaban J connectivity index is 0.00000396. The average molecular weight is 956 g/mol. The molecule has 11 rings (SSSR count). The van der Waals surface area contributed by atoms with Gasteiger partial charge in [-0.1, -0.05) is 84.9 Å². The van der Waals surface area contributed by atoms with E-state index in [2.05, 4.69) is 18.2 Å². The summed E-state index contributed by atoms with van der Waals surface area (Å²) in [5.41, 5.74) is 10.3. The van der Waals surface area contributed by atoms with E-state index in [0.29, 0.717) is 34.6 Å². The minimum Gasteiger partial charge on any atom is -0.460 e. The normalized spacial score (nSPS) is 11.4. The molecular weight excluding hydrogens is 929 g/mol. The average Bonchev–Trinajstić information content (AvgIpc) is 3.85. The zero-order valence-electron chi connectivity index (χ0n) is 30.1. The minimum atomic E-state index is 0. The van der Waals surface area contributed by atoms with Gasteiger partial charge in [0.15, 0.2) is 23.3 Å². The van der Waals surface area contributed by atoms with E-state index in [-0.39, 0.29) is 31.1 Å². The van der Waals surface area contributed by atoms with Gasteiger partial charge in [-0.2, -0.15) is 42.0 Å². The van der Waals surface area contributed by atoms with Crippen molar-refractivity contribution >= 4 is 44.0 Å². The van der Waals surface area contributed by atoms with E-state index in [9.17, 15) is 0 Å². The molecule has 0 radical (unpaired) electrons. The number of nitrogens with zero attached hydrogens (tertiary/aromatic N) is 5. The first-order chi connectivity index (χ1) is 27.7.